The van der Waals surface area contributed by atoms with Crippen LogP contribution in [0.15, 0.2) is 0 Å². The highest BCUT2D eigenvalue weighted by molar-refractivity contribution is 8.02. The van der Waals surface area contributed by atoms with Crippen LogP contribution in [0.25, 0.3) is 0 Å². The van der Waals surface area contributed by atoms with Crippen LogP contribution in [0.3, 0.4) is 0 Å². The number of amides is 1. The lowest BCUT2D eigenvalue weighted by molar-refractivity contribution is -0.126. The van der Waals surface area contributed by atoms with Crippen LogP contribution in [-0.2, 0) is 14.6 Å². The molecular weight excluding hydrogens is 286 g/mol. The van der Waals surface area contributed by atoms with E-state index in [-0.39, 0.29) is 40.2 Å². The Morgan fingerprint density at radius 1 is 1.47 bits per heavy atom. The van der Waals surface area contributed by atoms with E-state index in [9.17, 15) is 18.3 Å². The van der Waals surface area contributed by atoms with Gasteiger partial charge in [0.2, 0.25) is 5.91 Å². The summed E-state index contributed by atoms with van der Waals surface area (Å²) in [6, 6.07) is 0.0166. The van der Waals surface area contributed by atoms with Gasteiger partial charge in [-0.2, -0.15) is 0 Å². The van der Waals surface area contributed by atoms with E-state index in [0.717, 1.165) is 0 Å². The Morgan fingerprint density at radius 3 is 2.63 bits per heavy atom. The molecule has 0 aromatic heterocycles. The molecule has 2 aliphatic rings. The highest BCUT2D eigenvalue weighted by atomic mass is 32.2. The highest BCUT2D eigenvalue weighted by Crippen LogP contribution is 2.40. The maximum atomic E-state index is 11.8. The first-order valence-corrected chi connectivity index (χ1v) is 9.37. The SMILES string of the molecule is CC1(C)C(O)CC1NC(=O)CSC1CCS(=O)(=O)C1. The van der Waals surface area contributed by atoms with Crippen molar-refractivity contribution >= 4 is 27.5 Å². The van der Waals surface area contributed by atoms with Crippen LogP contribution < -0.4 is 5.32 Å². The molecule has 3 unspecified atom stereocenters. The van der Waals surface area contributed by atoms with E-state index in [1.165, 1.54) is 11.8 Å². The zero-order chi connectivity index (χ0) is 14.3. The third-order valence-corrected chi connectivity index (χ3v) is 7.47. The second-order valence-corrected chi connectivity index (χ2v) is 9.55. The van der Waals surface area contributed by atoms with E-state index in [4.69, 9.17) is 0 Å². The Labute approximate surface area is 118 Å². The molecule has 2 rings (SSSR count). The third-order valence-electron chi connectivity index (χ3n) is 4.19. The number of aliphatic hydroxyl groups is 1. The van der Waals surface area contributed by atoms with Crippen molar-refractivity contribution in [1.29, 1.82) is 0 Å². The van der Waals surface area contributed by atoms with E-state index < -0.39 is 9.84 Å². The molecule has 0 spiro atoms. The van der Waals surface area contributed by atoms with Crippen LogP contribution in [0, 0.1) is 5.41 Å². The van der Waals surface area contributed by atoms with Gasteiger partial charge in [-0.15, -0.1) is 11.8 Å². The van der Waals surface area contributed by atoms with Crippen molar-refractivity contribution in [2.75, 3.05) is 17.3 Å². The van der Waals surface area contributed by atoms with Crippen molar-refractivity contribution in [1.82, 2.24) is 5.32 Å². The number of aliphatic hydroxyl groups excluding tert-OH is 1. The number of rotatable bonds is 4. The minimum absolute atomic E-state index is 0.0166. The number of thioether (sulfide) groups is 1. The van der Waals surface area contributed by atoms with Crippen molar-refractivity contribution in [3.63, 3.8) is 0 Å². The molecule has 0 radical (unpaired) electrons. The minimum atomic E-state index is -2.87. The van der Waals surface area contributed by atoms with Crippen molar-refractivity contribution in [2.45, 2.75) is 44.1 Å². The lowest BCUT2D eigenvalue weighted by atomic mass is 9.64. The standard InChI is InChI=1S/C12H21NO4S2/c1-12(2)9(5-10(12)14)13-11(15)6-18-8-3-4-19(16,17)7-8/h8-10,14H,3-7H2,1-2H3,(H,13,15). The van der Waals surface area contributed by atoms with E-state index in [0.29, 0.717) is 18.6 Å². The largest absolute Gasteiger partial charge is 0.392 e. The summed E-state index contributed by atoms with van der Waals surface area (Å²) >= 11 is 1.42. The number of hydrogen-bond acceptors (Lipinski definition) is 5. The van der Waals surface area contributed by atoms with Crippen LogP contribution >= 0.6 is 11.8 Å². The molecule has 1 aliphatic carbocycles. The summed E-state index contributed by atoms with van der Waals surface area (Å²) in [5.41, 5.74) is -0.267. The van der Waals surface area contributed by atoms with Crippen LogP contribution in [0.1, 0.15) is 26.7 Å². The van der Waals surface area contributed by atoms with Crippen molar-refractivity contribution < 1.29 is 18.3 Å². The summed E-state index contributed by atoms with van der Waals surface area (Å²) in [5.74, 6) is 0.662. The van der Waals surface area contributed by atoms with Gasteiger partial charge in [-0.25, -0.2) is 8.42 Å². The molecule has 0 aromatic carbocycles. The second-order valence-electron chi connectivity index (χ2n) is 6.03. The maximum Gasteiger partial charge on any atom is 0.230 e. The minimum Gasteiger partial charge on any atom is -0.392 e. The van der Waals surface area contributed by atoms with Gasteiger partial charge in [0.15, 0.2) is 9.84 Å². The lowest BCUT2D eigenvalue weighted by Crippen LogP contribution is -2.61. The summed E-state index contributed by atoms with van der Waals surface area (Å²) in [6.07, 6.45) is 0.889. The summed E-state index contributed by atoms with van der Waals surface area (Å²) < 4.78 is 22.6. The Bertz CT molecular complexity index is 460. The average molecular weight is 307 g/mol. The van der Waals surface area contributed by atoms with Gasteiger partial charge >= 0.3 is 0 Å². The Kier molecular flexibility index (Phi) is 4.18. The number of nitrogens with one attached hydrogen (secondary N) is 1. The first kappa shape index (κ1) is 15.1. The van der Waals surface area contributed by atoms with Crippen molar-refractivity contribution in [3.05, 3.63) is 0 Å². The summed E-state index contributed by atoms with van der Waals surface area (Å²) in [4.78, 5) is 11.8. The fourth-order valence-corrected chi connectivity index (χ4v) is 5.92. The molecular formula is C12H21NO4S2. The van der Waals surface area contributed by atoms with Gasteiger partial charge in [0.25, 0.3) is 0 Å². The summed E-state index contributed by atoms with van der Waals surface area (Å²) in [6.45, 7) is 3.87. The smallest absolute Gasteiger partial charge is 0.230 e. The van der Waals surface area contributed by atoms with Crippen molar-refractivity contribution in [3.8, 4) is 0 Å². The van der Waals surface area contributed by atoms with Gasteiger partial charge in [0.1, 0.15) is 0 Å². The molecule has 2 fully saturated rings. The van der Waals surface area contributed by atoms with E-state index >= 15 is 0 Å². The third kappa shape index (κ3) is 3.44. The first-order valence-electron chi connectivity index (χ1n) is 6.50. The molecule has 1 heterocycles. The monoisotopic (exact) mass is 307 g/mol. The molecule has 110 valence electrons. The molecule has 5 nitrogen and oxygen atoms in total. The molecule has 1 saturated carbocycles. The number of hydrogen-bond donors (Lipinski definition) is 2. The van der Waals surface area contributed by atoms with Gasteiger partial charge in [-0.3, -0.25) is 4.79 Å². The van der Waals surface area contributed by atoms with Crippen LogP contribution in [0.2, 0.25) is 0 Å². The fraction of sp³-hybridized carbons (Fsp3) is 0.917. The molecule has 1 aliphatic heterocycles. The summed E-state index contributed by atoms with van der Waals surface area (Å²) in [5, 5.41) is 12.6. The molecule has 7 heteroatoms. The molecule has 1 saturated heterocycles. The molecule has 1 amide bonds. The predicted octanol–water partition coefficient (Wildman–Crippen LogP) is 0.182. The molecule has 0 bridgehead atoms. The Balaban J connectivity index is 1.72. The van der Waals surface area contributed by atoms with Crippen LogP contribution in [0.5, 0.6) is 0 Å². The van der Waals surface area contributed by atoms with E-state index in [1.807, 2.05) is 13.8 Å². The van der Waals surface area contributed by atoms with Gasteiger partial charge in [0.05, 0.1) is 23.4 Å². The zero-order valence-electron chi connectivity index (χ0n) is 11.3. The van der Waals surface area contributed by atoms with Gasteiger partial charge in [0, 0.05) is 16.7 Å². The fourth-order valence-electron chi connectivity index (χ4n) is 2.47. The van der Waals surface area contributed by atoms with Gasteiger partial charge in [-0.05, 0) is 12.8 Å². The van der Waals surface area contributed by atoms with Gasteiger partial charge < -0.3 is 10.4 Å². The maximum absolute atomic E-state index is 11.8. The number of sulfone groups is 1. The normalized spacial score (nSPS) is 35.6. The zero-order valence-corrected chi connectivity index (χ0v) is 12.9. The Morgan fingerprint density at radius 2 is 2.16 bits per heavy atom. The van der Waals surface area contributed by atoms with E-state index in [1.54, 1.807) is 0 Å². The lowest BCUT2D eigenvalue weighted by Gasteiger charge is -2.49. The van der Waals surface area contributed by atoms with Crippen LogP contribution in [0.4, 0.5) is 0 Å². The quantitative estimate of drug-likeness (QED) is 0.774. The first-order chi connectivity index (χ1) is 8.71. The summed E-state index contributed by atoms with van der Waals surface area (Å²) in [7, 11) is -2.87. The molecule has 3 atom stereocenters. The second kappa shape index (κ2) is 5.26. The predicted molar refractivity (Wildman–Crippen MR) is 75.9 cm³/mol. The number of carbonyl (C=O) groups is 1. The number of carbonyl (C=O) groups excluding carboxylic acids is 1. The van der Waals surface area contributed by atoms with E-state index in [2.05, 4.69) is 5.32 Å². The van der Waals surface area contributed by atoms with Crippen molar-refractivity contribution in [2.24, 2.45) is 5.41 Å². The topological polar surface area (TPSA) is 83.5 Å². The molecule has 2 N–H and O–H groups in total. The molecule has 19 heavy (non-hydrogen) atoms. The van der Waals surface area contributed by atoms with Gasteiger partial charge in [-0.1, -0.05) is 13.8 Å². The average Bonchev–Trinajstić information content (AvgIpc) is 2.66. The molecule has 0 aromatic rings. The Hall–Kier alpha value is -0.270. The highest BCUT2D eigenvalue weighted by Gasteiger charge is 2.47. The van der Waals surface area contributed by atoms with Crippen LogP contribution in [-0.4, -0.2) is 54.1 Å².